The summed E-state index contributed by atoms with van der Waals surface area (Å²) >= 11 is 0. The Hall–Kier alpha value is -2.63. The van der Waals surface area contributed by atoms with Crippen LogP contribution in [0, 0.1) is 5.92 Å². The second kappa shape index (κ2) is 10.1. The minimum Gasteiger partial charge on any atom is -0.481 e. The molecule has 3 unspecified atom stereocenters. The molecule has 7 nitrogen and oxygen atoms in total. The molecule has 3 atom stereocenters. The van der Waals surface area contributed by atoms with Crippen LogP contribution in [0.1, 0.15) is 18.1 Å². The summed E-state index contributed by atoms with van der Waals surface area (Å²) in [5.41, 5.74) is -0.499. The largest absolute Gasteiger partial charge is 0.481 e. The number of aliphatic carboxylic acids is 1. The minimum absolute atomic E-state index is 0.00452. The fraction of sp³-hybridized carbons (Fsp3) is 0.300. The van der Waals surface area contributed by atoms with E-state index in [2.05, 4.69) is 5.32 Å². The second-order valence-electron chi connectivity index (χ2n) is 6.61. The third-order valence-corrected chi connectivity index (χ3v) is 6.28. The summed E-state index contributed by atoms with van der Waals surface area (Å²) in [6.07, 6.45) is -0.996. The molecule has 0 radical (unpaired) electrons. The molecule has 0 aromatic heterocycles. The van der Waals surface area contributed by atoms with E-state index in [0.29, 0.717) is 0 Å². The number of carboxylic acids is 1. The van der Waals surface area contributed by atoms with Gasteiger partial charge in [-0.1, -0.05) is 60.7 Å². The van der Waals surface area contributed by atoms with Gasteiger partial charge in [0.05, 0.1) is 5.92 Å². The lowest BCUT2D eigenvalue weighted by Gasteiger charge is -2.25. The van der Waals surface area contributed by atoms with Crippen LogP contribution < -0.4 is 5.32 Å². The van der Waals surface area contributed by atoms with E-state index in [-0.39, 0.29) is 19.2 Å². The molecule has 28 heavy (non-hydrogen) atoms. The number of nitrogens with one attached hydrogen (secondary N) is 1. The lowest BCUT2D eigenvalue weighted by Crippen LogP contribution is -2.44. The molecule has 0 saturated heterocycles. The zero-order valence-corrected chi connectivity index (χ0v) is 16.5. The Morgan fingerprint density at radius 2 is 1.61 bits per heavy atom. The van der Waals surface area contributed by atoms with Crippen LogP contribution in [0.3, 0.4) is 0 Å². The highest BCUT2D eigenvalue weighted by Crippen LogP contribution is 2.37. The number of alkyl carbamates (subject to hydrolysis) is 1. The molecule has 3 N–H and O–H groups in total. The van der Waals surface area contributed by atoms with Gasteiger partial charge in [0.25, 0.3) is 0 Å². The maximum atomic E-state index is 12.6. The predicted octanol–water partition coefficient (Wildman–Crippen LogP) is 3.08. The number of carbonyl (C=O) groups excluding carboxylic acids is 1. The number of aliphatic hydroxyl groups is 1. The van der Waals surface area contributed by atoms with E-state index in [4.69, 9.17) is 4.74 Å². The Morgan fingerprint density at radius 1 is 1.07 bits per heavy atom. The monoisotopic (exact) mass is 405 g/mol. The molecule has 0 fully saturated rings. The molecule has 0 spiro atoms. The molecular weight excluding hydrogens is 381 g/mol. The number of benzene rings is 2. The van der Waals surface area contributed by atoms with E-state index in [1.165, 1.54) is 6.92 Å². The first-order valence-electron chi connectivity index (χ1n) is 8.79. The highest BCUT2D eigenvalue weighted by Gasteiger charge is 2.34. The highest BCUT2D eigenvalue weighted by atomic mass is 31.1. The summed E-state index contributed by atoms with van der Waals surface area (Å²) in [4.78, 5) is 23.4. The normalized spacial score (nSPS) is 15.1. The van der Waals surface area contributed by atoms with Crippen molar-refractivity contribution >= 4 is 19.9 Å². The topological polar surface area (TPSA) is 113 Å². The number of rotatable bonds is 9. The Morgan fingerprint density at radius 3 is 2.14 bits per heavy atom. The van der Waals surface area contributed by atoms with Crippen molar-refractivity contribution in [2.45, 2.75) is 25.4 Å². The third kappa shape index (κ3) is 6.83. The van der Waals surface area contributed by atoms with Crippen LogP contribution in [0.15, 0.2) is 60.7 Å². The standard InChI is InChI=1S/C20H24NO6P/c1-20(25,21-19(24)27-13-16-10-6-3-7-11-16)28(26)14-17(18(22)23)12-15-8-4-2-5-9-15/h2-11,17,25,28H,12-14H2,1H3,(H,21,24)(H,22,23). The van der Waals surface area contributed by atoms with Crippen LogP contribution >= 0.6 is 7.80 Å². The van der Waals surface area contributed by atoms with Gasteiger partial charge in [-0.05, 0) is 24.5 Å². The molecule has 0 heterocycles. The zero-order chi connectivity index (χ0) is 20.6. The molecule has 1 amide bonds. The fourth-order valence-electron chi connectivity index (χ4n) is 2.60. The first-order chi connectivity index (χ1) is 13.3. The minimum atomic E-state index is -2.89. The van der Waals surface area contributed by atoms with Gasteiger partial charge >= 0.3 is 12.1 Å². The summed E-state index contributed by atoms with van der Waals surface area (Å²) in [5, 5.41) is 22.0. The van der Waals surface area contributed by atoms with Crippen LogP contribution in [-0.2, 0) is 27.1 Å². The summed E-state index contributed by atoms with van der Waals surface area (Å²) in [6, 6.07) is 17.9. The second-order valence-corrected chi connectivity index (χ2v) is 8.84. The van der Waals surface area contributed by atoms with Crippen molar-refractivity contribution in [2.24, 2.45) is 5.92 Å². The number of ether oxygens (including phenoxy) is 1. The predicted molar refractivity (Wildman–Crippen MR) is 106 cm³/mol. The van der Waals surface area contributed by atoms with Gasteiger partial charge < -0.3 is 19.5 Å². The van der Waals surface area contributed by atoms with E-state index in [0.717, 1.165) is 11.1 Å². The van der Waals surface area contributed by atoms with Crippen LogP contribution in [0.5, 0.6) is 0 Å². The van der Waals surface area contributed by atoms with Crippen LogP contribution in [0.4, 0.5) is 4.79 Å². The number of hydrogen-bond donors (Lipinski definition) is 3. The summed E-state index contributed by atoms with van der Waals surface area (Å²) in [7, 11) is -2.89. The van der Waals surface area contributed by atoms with E-state index in [1.807, 2.05) is 12.1 Å². The van der Waals surface area contributed by atoms with Gasteiger partial charge in [0.1, 0.15) is 14.4 Å². The number of carbonyl (C=O) groups is 2. The Bertz CT molecular complexity index is 810. The number of hydrogen-bond acceptors (Lipinski definition) is 5. The van der Waals surface area contributed by atoms with Gasteiger partial charge in [0, 0.05) is 6.16 Å². The van der Waals surface area contributed by atoms with Crippen molar-refractivity contribution in [1.82, 2.24) is 5.32 Å². The molecule has 2 aromatic rings. The molecule has 0 aliphatic heterocycles. The van der Waals surface area contributed by atoms with Gasteiger partial charge in [0.2, 0.25) is 0 Å². The first kappa shape index (κ1) is 21.7. The smallest absolute Gasteiger partial charge is 0.410 e. The van der Waals surface area contributed by atoms with Gasteiger partial charge in [0.15, 0.2) is 5.47 Å². The zero-order valence-electron chi connectivity index (χ0n) is 15.5. The molecule has 150 valence electrons. The van der Waals surface area contributed by atoms with E-state index in [1.54, 1.807) is 48.5 Å². The molecule has 2 aromatic carbocycles. The highest BCUT2D eigenvalue weighted by molar-refractivity contribution is 7.46. The average molecular weight is 405 g/mol. The van der Waals surface area contributed by atoms with Crippen molar-refractivity contribution in [2.75, 3.05) is 6.16 Å². The first-order valence-corrected chi connectivity index (χ1v) is 10.4. The van der Waals surface area contributed by atoms with E-state index >= 15 is 0 Å². The molecule has 0 bridgehead atoms. The Labute approximate surface area is 164 Å². The van der Waals surface area contributed by atoms with Crippen LogP contribution in [-0.4, -0.2) is 33.9 Å². The van der Waals surface area contributed by atoms with Crippen molar-refractivity contribution in [3.63, 3.8) is 0 Å². The average Bonchev–Trinajstić information content (AvgIpc) is 2.67. The maximum Gasteiger partial charge on any atom is 0.410 e. The number of carboxylic acid groups (broad SMARTS) is 1. The fourth-order valence-corrected chi connectivity index (χ4v) is 4.00. The van der Waals surface area contributed by atoms with Crippen LogP contribution in [0.25, 0.3) is 0 Å². The molecule has 0 saturated carbocycles. The molecule has 0 aliphatic rings. The number of amides is 1. The van der Waals surface area contributed by atoms with E-state index in [9.17, 15) is 24.4 Å². The SMILES string of the molecule is CC(O)(NC(=O)OCc1ccccc1)[PH](=O)CC(Cc1ccccc1)C(=O)O. The third-order valence-electron chi connectivity index (χ3n) is 4.21. The van der Waals surface area contributed by atoms with Gasteiger partial charge in [-0.25, -0.2) is 4.79 Å². The quantitative estimate of drug-likeness (QED) is 0.437. The van der Waals surface area contributed by atoms with Gasteiger partial charge in [-0.2, -0.15) is 0 Å². The van der Waals surface area contributed by atoms with Gasteiger partial charge in [-0.3, -0.25) is 10.1 Å². The van der Waals surface area contributed by atoms with Crippen molar-refractivity contribution in [3.05, 3.63) is 71.8 Å². The Balaban J connectivity index is 1.92. The Kier molecular flexibility index (Phi) is 7.79. The summed E-state index contributed by atoms with van der Waals surface area (Å²) in [6.45, 7) is 1.18. The van der Waals surface area contributed by atoms with Crippen LogP contribution in [0.2, 0.25) is 0 Å². The van der Waals surface area contributed by atoms with Crippen molar-refractivity contribution in [1.29, 1.82) is 0 Å². The van der Waals surface area contributed by atoms with Gasteiger partial charge in [-0.15, -0.1) is 0 Å². The van der Waals surface area contributed by atoms with E-state index < -0.39 is 31.2 Å². The molecule has 2 rings (SSSR count). The molecular formula is C20H24NO6P. The molecule has 8 heteroatoms. The lowest BCUT2D eigenvalue weighted by atomic mass is 10.0. The summed E-state index contributed by atoms with van der Waals surface area (Å²) < 4.78 is 17.6. The summed E-state index contributed by atoms with van der Waals surface area (Å²) in [5.74, 6) is -2.05. The maximum absolute atomic E-state index is 12.6. The van der Waals surface area contributed by atoms with Crippen molar-refractivity contribution < 1.29 is 29.1 Å². The van der Waals surface area contributed by atoms with Crippen molar-refractivity contribution in [3.8, 4) is 0 Å². The molecule has 0 aliphatic carbocycles. The lowest BCUT2D eigenvalue weighted by molar-refractivity contribution is -0.140.